The molecule has 7 nitrogen and oxygen atoms in total. The molecule has 122 valence electrons. The highest BCUT2D eigenvalue weighted by molar-refractivity contribution is 6.04. The topological polar surface area (TPSA) is 116 Å². The molecule has 7 heteroatoms. The number of nitrogens with two attached hydrogens (primary N) is 1. The zero-order chi connectivity index (χ0) is 16.8. The van der Waals surface area contributed by atoms with Crippen LogP contribution in [0.1, 0.15) is 29.6 Å². The van der Waals surface area contributed by atoms with E-state index in [0.29, 0.717) is 17.3 Å². The van der Waals surface area contributed by atoms with E-state index < -0.39 is 17.8 Å². The molecule has 0 spiro atoms. The SMILES string of the molecule is NC(=O)c1cc(NC(=O)/C=C\C(=O)[O-])ccc1N1CCCCC1. The molecule has 0 atom stereocenters. The van der Waals surface area contributed by atoms with Crippen LogP contribution in [0.25, 0.3) is 0 Å². The Kier molecular flexibility index (Phi) is 5.35. The standard InChI is InChI=1S/C16H19N3O4/c17-16(23)12-10-11(18-14(20)6-7-15(21)22)4-5-13(12)19-8-2-1-3-9-19/h4-7,10H,1-3,8-9H2,(H2,17,23)(H,18,20)(H,21,22)/p-1/b7-6-. The Morgan fingerprint density at radius 1 is 1.13 bits per heavy atom. The average Bonchev–Trinajstić information content (AvgIpc) is 2.53. The predicted octanol–water partition coefficient (Wildman–Crippen LogP) is 0.0204. The van der Waals surface area contributed by atoms with E-state index in [4.69, 9.17) is 5.73 Å². The lowest BCUT2D eigenvalue weighted by molar-refractivity contribution is -0.297. The fourth-order valence-electron chi connectivity index (χ4n) is 2.55. The summed E-state index contributed by atoms with van der Waals surface area (Å²) in [6.07, 6.45) is 4.76. The number of hydrogen-bond acceptors (Lipinski definition) is 5. The molecule has 1 aromatic carbocycles. The van der Waals surface area contributed by atoms with E-state index in [2.05, 4.69) is 10.2 Å². The molecule has 0 unspecified atom stereocenters. The molecule has 1 fully saturated rings. The number of amides is 2. The molecule has 1 heterocycles. The van der Waals surface area contributed by atoms with Gasteiger partial charge in [-0.15, -0.1) is 0 Å². The molecule has 2 rings (SSSR count). The van der Waals surface area contributed by atoms with Crippen molar-refractivity contribution in [2.45, 2.75) is 19.3 Å². The Balaban J connectivity index is 2.20. The van der Waals surface area contributed by atoms with Gasteiger partial charge in [0.2, 0.25) is 5.91 Å². The predicted molar refractivity (Wildman–Crippen MR) is 83.8 cm³/mol. The van der Waals surface area contributed by atoms with Crippen molar-refractivity contribution < 1.29 is 19.5 Å². The van der Waals surface area contributed by atoms with Crippen LogP contribution >= 0.6 is 0 Å². The number of carbonyl (C=O) groups is 3. The number of primary amides is 1. The summed E-state index contributed by atoms with van der Waals surface area (Å²) < 4.78 is 0. The fourth-order valence-corrected chi connectivity index (χ4v) is 2.55. The number of carboxylic acid groups (broad SMARTS) is 1. The Bertz CT molecular complexity index is 649. The smallest absolute Gasteiger partial charge is 0.250 e. The number of rotatable bonds is 5. The van der Waals surface area contributed by atoms with Crippen molar-refractivity contribution in [1.29, 1.82) is 0 Å². The minimum atomic E-state index is -1.46. The van der Waals surface area contributed by atoms with Crippen LogP contribution in [-0.4, -0.2) is 30.9 Å². The molecule has 1 aliphatic rings. The van der Waals surface area contributed by atoms with Gasteiger partial charge in [0.05, 0.1) is 11.5 Å². The summed E-state index contributed by atoms with van der Waals surface area (Å²) >= 11 is 0. The summed E-state index contributed by atoms with van der Waals surface area (Å²) in [6.45, 7) is 1.72. The third kappa shape index (κ3) is 4.57. The van der Waals surface area contributed by atoms with Crippen LogP contribution in [0.5, 0.6) is 0 Å². The highest BCUT2D eigenvalue weighted by Gasteiger charge is 2.17. The maximum atomic E-state index is 11.7. The molecule has 1 aliphatic heterocycles. The number of carbonyl (C=O) groups excluding carboxylic acids is 3. The zero-order valence-corrected chi connectivity index (χ0v) is 12.6. The van der Waals surface area contributed by atoms with Crippen LogP contribution in [0, 0.1) is 0 Å². The molecule has 0 aliphatic carbocycles. The second kappa shape index (κ2) is 7.44. The lowest BCUT2D eigenvalue weighted by atomic mass is 10.1. The van der Waals surface area contributed by atoms with Gasteiger partial charge in [0, 0.05) is 30.5 Å². The first-order valence-electron chi connectivity index (χ1n) is 7.36. The highest BCUT2D eigenvalue weighted by Crippen LogP contribution is 2.26. The Morgan fingerprint density at radius 2 is 1.83 bits per heavy atom. The molecule has 0 saturated carbocycles. The van der Waals surface area contributed by atoms with E-state index in [1.54, 1.807) is 12.1 Å². The van der Waals surface area contributed by atoms with Crippen LogP contribution < -0.4 is 21.1 Å². The van der Waals surface area contributed by atoms with Gasteiger partial charge in [-0.3, -0.25) is 9.59 Å². The molecular formula is C16H18N3O4-. The summed E-state index contributed by atoms with van der Waals surface area (Å²) in [5.41, 5.74) is 6.89. The molecule has 0 bridgehead atoms. The first kappa shape index (κ1) is 16.5. The number of benzene rings is 1. The van der Waals surface area contributed by atoms with Crippen molar-refractivity contribution >= 4 is 29.2 Å². The van der Waals surface area contributed by atoms with Gasteiger partial charge in [-0.1, -0.05) is 0 Å². The van der Waals surface area contributed by atoms with Crippen molar-refractivity contribution in [1.82, 2.24) is 0 Å². The molecular weight excluding hydrogens is 298 g/mol. The second-order valence-electron chi connectivity index (χ2n) is 5.29. The van der Waals surface area contributed by atoms with Gasteiger partial charge in [-0.05, 0) is 43.5 Å². The van der Waals surface area contributed by atoms with Gasteiger partial charge in [-0.25, -0.2) is 0 Å². The van der Waals surface area contributed by atoms with Gasteiger partial charge in [0.1, 0.15) is 0 Å². The number of nitrogens with one attached hydrogen (secondary N) is 1. The lowest BCUT2D eigenvalue weighted by Gasteiger charge is -2.30. The number of hydrogen-bond donors (Lipinski definition) is 2. The molecule has 1 saturated heterocycles. The van der Waals surface area contributed by atoms with Gasteiger partial charge in [0.25, 0.3) is 5.91 Å². The van der Waals surface area contributed by atoms with Crippen molar-refractivity contribution in [3.63, 3.8) is 0 Å². The van der Waals surface area contributed by atoms with E-state index >= 15 is 0 Å². The number of anilines is 2. The van der Waals surface area contributed by atoms with Crippen LogP contribution in [-0.2, 0) is 9.59 Å². The van der Waals surface area contributed by atoms with Crippen LogP contribution in [0.2, 0.25) is 0 Å². The monoisotopic (exact) mass is 316 g/mol. The minimum absolute atomic E-state index is 0.327. The zero-order valence-electron chi connectivity index (χ0n) is 12.6. The summed E-state index contributed by atoms with van der Waals surface area (Å²) in [5.74, 6) is -2.67. The summed E-state index contributed by atoms with van der Waals surface area (Å²) in [5, 5.41) is 12.8. The third-order valence-corrected chi connectivity index (χ3v) is 3.60. The van der Waals surface area contributed by atoms with Crippen LogP contribution in [0.3, 0.4) is 0 Å². The van der Waals surface area contributed by atoms with Gasteiger partial charge >= 0.3 is 0 Å². The fraction of sp³-hybridized carbons (Fsp3) is 0.312. The largest absolute Gasteiger partial charge is 0.545 e. The summed E-state index contributed by atoms with van der Waals surface area (Å²) in [4.78, 5) is 35.6. The lowest BCUT2D eigenvalue weighted by Crippen LogP contribution is -2.31. The van der Waals surface area contributed by atoms with Crippen molar-refractivity contribution in [3.8, 4) is 0 Å². The number of nitrogens with zero attached hydrogens (tertiary/aromatic N) is 1. The Morgan fingerprint density at radius 3 is 2.43 bits per heavy atom. The van der Waals surface area contributed by atoms with E-state index in [-0.39, 0.29) is 0 Å². The van der Waals surface area contributed by atoms with Gasteiger partial charge in [-0.2, -0.15) is 0 Å². The number of piperidine rings is 1. The first-order valence-corrected chi connectivity index (χ1v) is 7.36. The second-order valence-corrected chi connectivity index (χ2v) is 5.29. The first-order chi connectivity index (χ1) is 11.0. The van der Waals surface area contributed by atoms with E-state index in [9.17, 15) is 19.5 Å². The van der Waals surface area contributed by atoms with E-state index in [0.717, 1.165) is 37.7 Å². The highest BCUT2D eigenvalue weighted by atomic mass is 16.4. The Hall–Kier alpha value is -2.83. The van der Waals surface area contributed by atoms with E-state index in [1.807, 2.05) is 0 Å². The van der Waals surface area contributed by atoms with E-state index in [1.165, 1.54) is 12.5 Å². The quantitative estimate of drug-likeness (QED) is 0.743. The molecule has 3 N–H and O–H groups in total. The number of carboxylic acids is 1. The average molecular weight is 316 g/mol. The van der Waals surface area contributed by atoms with Crippen molar-refractivity contribution in [2.75, 3.05) is 23.3 Å². The van der Waals surface area contributed by atoms with Crippen molar-refractivity contribution in [2.24, 2.45) is 5.73 Å². The molecule has 0 radical (unpaired) electrons. The molecule has 0 aromatic heterocycles. The maximum Gasteiger partial charge on any atom is 0.250 e. The molecule has 2 amide bonds. The van der Waals surface area contributed by atoms with Gasteiger partial charge in [0.15, 0.2) is 0 Å². The minimum Gasteiger partial charge on any atom is -0.545 e. The van der Waals surface area contributed by atoms with Crippen LogP contribution in [0.15, 0.2) is 30.4 Å². The summed E-state index contributed by atoms with van der Waals surface area (Å²) in [6, 6.07) is 4.89. The molecule has 23 heavy (non-hydrogen) atoms. The van der Waals surface area contributed by atoms with Crippen LogP contribution in [0.4, 0.5) is 11.4 Å². The molecule has 1 aromatic rings. The maximum absolute atomic E-state index is 11.7. The normalized spacial score (nSPS) is 14.7. The van der Waals surface area contributed by atoms with Gasteiger partial charge < -0.3 is 25.9 Å². The number of aliphatic carboxylic acids is 1. The summed E-state index contributed by atoms with van der Waals surface area (Å²) in [7, 11) is 0. The third-order valence-electron chi connectivity index (χ3n) is 3.60. The van der Waals surface area contributed by atoms with Crippen molar-refractivity contribution in [3.05, 3.63) is 35.9 Å². The Labute approximate surface area is 133 Å².